The van der Waals surface area contributed by atoms with Gasteiger partial charge in [0.1, 0.15) is 5.75 Å². The molecule has 0 bridgehead atoms. The second-order valence-electron chi connectivity index (χ2n) is 5.82. The van der Waals surface area contributed by atoms with E-state index in [-0.39, 0.29) is 23.6 Å². The van der Waals surface area contributed by atoms with Gasteiger partial charge in [-0.15, -0.1) is 0 Å². The normalized spacial score (nSPS) is 21.9. The number of piperazine rings is 1. The number of phenolic OH excluding ortho intramolecular Hbond substituents is 1. The van der Waals surface area contributed by atoms with E-state index in [0.29, 0.717) is 31.7 Å². The lowest BCUT2D eigenvalue weighted by Crippen LogP contribution is -2.54. The van der Waals surface area contributed by atoms with Crippen LogP contribution in [0.25, 0.3) is 0 Å². The van der Waals surface area contributed by atoms with Gasteiger partial charge in [0.15, 0.2) is 0 Å². The van der Waals surface area contributed by atoms with E-state index in [9.17, 15) is 14.7 Å². The van der Waals surface area contributed by atoms with Crippen LogP contribution in [0.15, 0.2) is 24.3 Å². The summed E-state index contributed by atoms with van der Waals surface area (Å²) in [6, 6.07) is 6.33. The Balaban J connectivity index is 1.57. The number of phenols is 1. The molecular weight excluding hydrogens is 282 g/mol. The van der Waals surface area contributed by atoms with Gasteiger partial charge in [-0.3, -0.25) is 9.59 Å². The van der Waals surface area contributed by atoms with Crippen molar-refractivity contribution >= 4 is 11.8 Å². The molecule has 2 amide bonds. The molecule has 1 aromatic carbocycles. The highest BCUT2D eigenvalue weighted by atomic mass is 16.3. The Morgan fingerprint density at radius 1 is 1.14 bits per heavy atom. The van der Waals surface area contributed by atoms with Crippen LogP contribution in [-0.4, -0.2) is 65.5 Å². The lowest BCUT2D eigenvalue weighted by Gasteiger charge is -2.36. The first-order valence-electron chi connectivity index (χ1n) is 7.75. The highest BCUT2D eigenvalue weighted by molar-refractivity contribution is 5.94. The smallest absolute Gasteiger partial charge is 0.254 e. The largest absolute Gasteiger partial charge is 0.508 e. The van der Waals surface area contributed by atoms with Crippen LogP contribution in [0.2, 0.25) is 0 Å². The molecule has 0 aromatic heterocycles. The molecule has 0 radical (unpaired) electrons. The molecule has 0 saturated carbocycles. The molecule has 1 atom stereocenters. The number of benzene rings is 1. The van der Waals surface area contributed by atoms with Crippen LogP contribution in [0, 0.1) is 0 Å². The molecule has 2 saturated heterocycles. The number of aromatic hydroxyl groups is 1. The van der Waals surface area contributed by atoms with Gasteiger partial charge in [0.25, 0.3) is 5.91 Å². The van der Waals surface area contributed by atoms with Gasteiger partial charge in [-0.25, -0.2) is 0 Å². The van der Waals surface area contributed by atoms with E-state index in [1.54, 1.807) is 23.1 Å². The average Bonchev–Trinajstić information content (AvgIpc) is 3.08. The standard InChI is InChI=1S/C16H21N3O3/c20-13-4-1-3-12(11-13)15(21)18-7-9-19(10-8-18)16(22)14-5-2-6-17-14/h1,3-4,11,14,17,20H,2,5-10H2. The Kier molecular flexibility index (Phi) is 4.29. The van der Waals surface area contributed by atoms with Gasteiger partial charge in [-0.1, -0.05) is 6.07 Å². The van der Waals surface area contributed by atoms with Gasteiger partial charge in [0, 0.05) is 31.7 Å². The first-order valence-corrected chi connectivity index (χ1v) is 7.75. The lowest BCUT2D eigenvalue weighted by atomic mass is 10.1. The summed E-state index contributed by atoms with van der Waals surface area (Å²) in [5, 5.41) is 12.7. The summed E-state index contributed by atoms with van der Waals surface area (Å²) in [6.07, 6.45) is 1.95. The summed E-state index contributed by atoms with van der Waals surface area (Å²) < 4.78 is 0. The fraction of sp³-hybridized carbons (Fsp3) is 0.500. The van der Waals surface area contributed by atoms with Crippen molar-refractivity contribution in [3.8, 4) is 5.75 Å². The van der Waals surface area contributed by atoms with Crippen molar-refractivity contribution in [1.29, 1.82) is 0 Å². The van der Waals surface area contributed by atoms with Crippen molar-refractivity contribution in [1.82, 2.24) is 15.1 Å². The predicted octanol–water partition coefficient (Wildman–Crippen LogP) is 0.429. The number of hydrogen-bond acceptors (Lipinski definition) is 4. The molecule has 2 aliphatic rings. The van der Waals surface area contributed by atoms with Crippen LogP contribution in [0.5, 0.6) is 5.75 Å². The SMILES string of the molecule is O=C(c1cccc(O)c1)N1CCN(C(=O)C2CCCN2)CC1. The van der Waals surface area contributed by atoms with E-state index in [0.717, 1.165) is 19.4 Å². The first-order chi connectivity index (χ1) is 10.6. The van der Waals surface area contributed by atoms with Gasteiger partial charge in [0.05, 0.1) is 6.04 Å². The van der Waals surface area contributed by atoms with Crippen molar-refractivity contribution < 1.29 is 14.7 Å². The highest BCUT2D eigenvalue weighted by Crippen LogP contribution is 2.15. The molecule has 0 aliphatic carbocycles. The third kappa shape index (κ3) is 3.06. The summed E-state index contributed by atoms with van der Waals surface area (Å²) in [4.78, 5) is 28.3. The fourth-order valence-electron chi connectivity index (χ4n) is 3.07. The molecule has 6 nitrogen and oxygen atoms in total. The minimum Gasteiger partial charge on any atom is -0.508 e. The number of carbonyl (C=O) groups excluding carboxylic acids is 2. The van der Waals surface area contributed by atoms with Gasteiger partial charge in [0.2, 0.25) is 5.91 Å². The summed E-state index contributed by atoms with van der Waals surface area (Å²) >= 11 is 0. The highest BCUT2D eigenvalue weighted by Gasteiger charge is 2.30. The molecule has 6 heteroatoms. The quantitative estimate of drug-likeness (QED) is 0.831. The minimum absolute atomic E-state index is 0.0479. The number of rotatable bonds is 2. The van der Waals surface area contributed by atoms with Crippen molar-refractivity contribution in [2.45, 2.75) is 18.9 Å². The van der Waals surface area contributed by atoms with E-state index in [2.05, 4.69) is 5.32 Å². The Morgan fingerprint density at radius 2 is 1.86 bits per heavy atom. The first kappa shape index (κ1) is 14.8. The zero-order valence-electron chi connectivity index (χ0n) is 12.5. The van der Waals surface area contributed by atoms with Gasteiger partial charge in [-0.2, -0.15) is 0 Å². The number of amides is 2. The molecule has 118 valence electrons. The zero-order chi connectivity index (χ0) is 15.5. The van der Waals surface area contributed by atoms with Crippen molar-refractivity contribution in [2.24, 2.45) is 0 Å². The van der Waals surface area contributed by atoms with E-state index < -0.39 is 0 Å². The molecule has 1 unspecified atom stereocenters. The number of hydrogen-bond donors (Lipinski definition) is 2. The lowest BCUT2D eigenvalue weighted by molar-refractivity contribution is -0.134. The van der Waals surface area contributed by atoms with Crippen LogP contribution < -0.4 is 5.32 Å². The zero-order valence-corrected chi connectivity index (χ0v) is 12.5. The Bertz CT molecular complexity index is 562. The molecule has 2 N–H and O–H groups in total. The second kappa shape index (κ2) is 6.36. The van der Waals surface area contributed by atoms with E-state index in [4.69, 9.17) is 0 Å². The van der Waals surface area contributed by atoms with Crippen molar-refractivity contribution in [3.05, 3.63) is 29.8 Å². The monoisotopic (exact) mass is 303 g/mol. The summed E-state index contributed by atoms with van der Waals surface area (Å²) in [5.74, 6) is 0.149. The summed E-state index contributed by atoms with van der Waals surface area (Å²) in [7, 11) is 0. The Labute approximate surface area is 129 Å². The van der Waals surface area contributed by atoms with Crippen molar-refractivity contribution in [2.75, 3.05) is 32.7 Å². The molecule has 1 aromatic rings. The predicted molar refractivity (Wildman–Crippen MR) is 81.6 cm³/mol. The summed E-state index contributed by atoms with van der Waals surface area (Å²) in [5.41, 5.74) is 0.484. The maximum absolute atomic E-state index is 12.4. The number of carbonyl (C=O) groups is 2. The van der Waals surface area contributed by atoms with Crippen LogP contribution in [0.3, 0.4) is 0 Å². The Morgan fingerprint density at radius 3 is 2.50 bits per heavy atom. The fourth-order valence-corrected chi connectivity index (χ4v) is 3.07. The number of nitrogens with zero attached hydrogens (tertiary/aromatic N) is 2. The third-order valence-corrected chi connectivity index (χ3v) is 4.33. The van der Waals surface area contributed by atoms with Crippen molar-refractivity contribution in [3.63, 3.8) is 0 Å². The van der Waals surface area contributed by atoms with Gasteiger partial charge < -0.3 is 20.2 Å². The van der Waals surface area contributed by atoms with E-state index in [1.165, 1.54) is 6.07 Å². The van der Waals surface area contributed by atoms with Crippen LogP contribution in [0.4, 0.5) is 0 Å². The van der Waals surface area contributed by atoms with Gasteiger partial charge >= 0.3 is 0 Å². The minimum atomic E-state index is -0.0954. The second-order valence-corrected chi connectivity index (χ2v) is 5.82. The average molecular weight is 303 g/mol. The number of nitrogens with one attached hydrogen (secondary N) is 1. The van der Waals surface area contributed by atoms with E-state index in [1.807, 2.05) is 4.90 Å². The van der Waals surface area contributed by atoms with Crippen LogP contribution in [0.1, 0.15) is 23.2 Å². The van der Waals surface area contributed by atoms with Crippen LogP contribution in [-0.2, 0) is 4.79 Å². The molecule has 2 fully saturated rings. The molecule has 2 aliphatic heterocycles. The molecule has 0 spiro atoms. The maximum Gasteiger partial charge on any atom is 0.254 e. The topological polar surface area (TPSA) is 72.9 Å². The molecule has 3 rings (SSSR count). The Hall–Kier alpha value is -2.08. The summed E-state index contributed by atoms with van der Waals surface area (Å²) in [6.45, 7) is 3.12. The molecular formula is C16H21N3O3. The van der Waals surface area contributed by atoms with Gasteiger partial charge in [-0.05, 0) is 37.6 Å². The maximum atomic E-state index is 12.4. The molecule has 2 heterocycles. The molecule has 22 heavy (non-hydrogen) atoms. The van der Waals surface area contributed by atoms with E-state index >= 15 is 0 Å². The third-order valence-electron chi connectivity index (χ3n) is 4.33. The van der Waals surface area contributed by atoms with Crippen LogP contribution >= 0.6 is 0 Å².